The van der Waals surface area contributed by atoms with Crippen molar-refractivity contribution in [3.05, 3.63) is 41.5 Å². The van der Waals surface area contributed by atoms with E-state index in [4.69, 9.17) is 0 Å². The number of benzene rings is 1. The first-order chi connectivity index (χ1) is 12.2. The van der Waals surface area contributed by atoms with Gasteiger partial charge in [0.25, 0.3) is 0 Å². The zero-order valence-corrected chi connectivity index (χ0v) is 14.5. The van der Waals surface area contributed by atoms with Crippen LogP contribution in [0.5, 0.6) is 0 Å². The molecule has 5 nitrogen and oxygen atoms in total. The van der Waals surface area contributed by atoms with Gasteiger partial charge < -0.3 is 15.5 Å². The number of anilines is 1. The zero-order valence-electron chi connectivity index (χ0n) is 14.5. The van der Waals surface area contributed by atoms with Crippen molar-refractivity contribution in [3.8, 4) is 0 Å². The number of amides is 2. The van der Waals surface area contributed by atoms with Crippen molar-refractivity contribution in [3.63, 3.8) is 0 Å². The van der Waals surface area contributed by atoms with Gasteiger partial charge in [-0.2, -0.15) is 0 Å². The van der Waals surface area contributed by atoms with Crippen LogP contribution in [0.1, 0.15) is 31.2 Å². The maximum atomic E-state index is 12.2. The van der Waals surface area contributed by atoms with Crippen LogP contribution < -0.4 is 15.5 Å². The summed E-state index contributed by atoms with van der Waals surface area (Å²) in [6.07, 6.45) is 6.88. The molecule has 0 aromatic heterocycles. The molecule has 132 valence electrons. The molecule has 4 rings (SSSR count). The Hall–Kier alpha value is -2.30. The molecule has 0 spiro atoms. The minimum absolute atomic E-state index is 0.0329. The van der Waals surface area contributed by atoms with Crippen molar-refractivity contribution in [1.29, 1.82) is 0 Å². The molecule has 0 unspecified atom stereocenters. The number of nitrogens with one attached hydrogen (secondary N) is 2. The van der Waals surface area contributed by atoms with Gasteiger partial charge in [0.05, 0.1) is 6.54 Å². The molecule has 5 heteroatoms. The van der Waals surface area contributed by atoms with Crippen molar-refractivity contribution >= 4 is 17.5 Å². The third-order valence-electron chi connectivity index (χ3n) is 5.20. The van der Waals surface area contributed by atoms with E-state index < -0.39 is 0 Å². The molecule has 3 fully saturated rings. The van der Waals surface area contributed by atoms with E-state index in [9.17, 15) is 9.59 Å². The fraction of sp³-hybridized carbons (Fsp3) is 0.500. The monoisotopic (exact) mass is 339 g/mol. The predicted octanol–water partition coefficient (Wildman–Crippen LogP) is 1.99. The van der Waals surface area contributed by atoms with Crippen LogP contribution >= 0.6 is 0 Å². The van der Waals surface area contributed by atoms with Crippen LogP contribution in [0.4, 0.5) is 5.69 Å². The zero-order chi connectivity index (χ0) is 17.2. The molecular weight excluding hydrogens is 314 g/mol. The average molecular weight is 339 g/mol. The summed E-state index contributed by atoms with van der Waals surface area (Å²) in [5, 5.41) is 5.84. The fourth-order valence-electron chi connectivity index (χ4n) is 3.48. The quantitative estimate of drug-likeness (QED) is 0.779. The van der Waals surface area contributed by atoms with Gasteiger partial charge in [0.1, 0.15) is 0 Å². The van der Waals surface area contributed by atoms with E-state index >= 15 is 0 Å². The summed E-state index contributed by atoms with van der Waals surface area (Å²) in [5.41, 5.74) is 3.51. The average Bonchev–Trinajstić information content (AvgIpc) is 3.51. The smallest absolute Gasteiger partial charge is 0.244 e. The molecule has 3 aliphatic rings. The second kappa shape index (κ2) is 6.90. The van der Waals surface area contributed by atoms with Gasteiger partial charge in [0.15, 0.2) is 0 Å². The number of hydrogen-bond donors (Lipinski definition) is 2. The van der Waals surface area contributed by atoms with Crippen molar-refractivity contribution in [1.82, 2.24) is 10.6 Å². The highest BCUT2D eigenvalue weighted by Crippen LogP contribution is 2.48. The maximum Gasteiger partial charge on any atom is 0.244 e. The lowest BCUT2D eigenvalue weighted by molar-refractivity contribution is -0.120. The highest BCUT2D eigenvalue weighted by Gasteiger charge is 2.36. The Balaban J connectivity index is 1.31. The highest BCUT2D eigenvalue weighted by molar-refractivity contribution is 5.88. The molecular formula is C20H25N3O2. The lowest BCUT2D eigenvalue weighted by Gasteiger charge is -2.28. The number of rotatable bonds is 6. The minimum atomic E-state index is 0.0329. The first-order valence-electron chi connectivity index (χ1n) is 9.29. The minimum Gasteiger partial charge on any atom is -0.360 e. The second-order valence-corrected chi connectivity index (χ2v) is 7.35. The number of carbonyl (C=O) groups excluding carboxylic acids is 2. The predicted molar refractivity (Wildman–Crippen MR) is 97.0 cm³/mol. The third-order valence-corrected chi connectivity index (χ3v) is 5.20. The Morgan fingerprint density at radius 3 is 2.44 bits per heavy atom. The molecule has 0 bridgehead atoms. The van der Waals surface area contributed by atoms with Crippen LogP contribution in [0.25, 0.3) is 0 Å². The van der Waals surface area contributed by atoms with E-state index in [1.165, 1.54) is 31.3 Å². The largest absolute Gasteiger partial charge is 0.360 e. The molecule has 0 radical (unpaired) electrons. The molecule has 1 aromatic carbocycles. The lowest BCUT2D eigenvalue weighted by Crippen LogP contribution is -2.47. The summed E-state index contributed by atoms with van der Waals surface area (Å²) < 4.78 is 0. The van der Waals surface area contributed by atoms with Crippen LogP contribution in [0.15, 0.2) is 35.9 Å². The Morgan fingerprint density at radius 1 is 1.16 bits per heavy atom. The van der Waals surface area contributed by atoms with Gasteiger partial charge in [-0.1, -0.05) is 17.7 Å². The first-order valence-corrected chi connectivity index (χ1v) is 9.29. The Morgan fingerprint density at radius 2 is 1.84 bits per heavy atom. The van der Waals surface area contributed by atoms with Gasteiger partial charge >= 0.3 is 0 Å². The van der Waals surface area contributed by atoms with Gasteiger partial charge in [0, 0.05) is 31.4 Å². The molecule has 1 saturated heterocycles. The lowest BCUT2D eigenvalue weighted by atomic mass is 10.1. The highest BCUT2D eigenvalue weighted by atomic mass is 16.2. The van der Waals surface area contributed by atoms with Crippen LogP contribution in [0.2, 0.25) is 0 Å². The molecule has 2 saturated carbocycles. The molecule has 2 N–H and O–H groups in total. The summed E-state index contributed by atoms with van der Waals surface area (Å²) in [5.74, 6) is 1.46. The van der Waals surface area contributed by atoms with Crippen LogP contribution in [0, 0.1) is 11.8 Å². The van der Waals surface area contributed by atoms with E-state index in [0.29, 0.717) is 31.5 Å². The van der Waals surface area contributed by atoms with Crippen LogP contribution in [-0.4, -0.2) is 31.4 Å². The molecule has 1 aliphatic heterocycles. The maximum absolute atomic E-state index is 12.2. The van der Waals surface area contributed by atoms with Crippen molar-refractivity contribution < 1.29 is 9.59 Å². The van der Waals surface area contributed by atoms with Gasteiger partial charge in [0.2, 0.25) is 11.8 Å². The normalized spacial score (nSPS) is 20.0. The molecule has 2 amide bonds. The summed E-state index contributed by atoms with van der Waals surface area (Å²) in [7, 11) is 0. The number of carbonyl (C=O) groups is 2. The summed E-state index contributed by atoms with van der Waals surface area (Å²) in [6, 6.07) is 8.09. The summed E-state index contributed by atoms with van der Waals surface area (Å²) in [4.78, 5) is 25.8. The number of nitrogens with zero attached hydrogens (tertiary/aromatic N) is 1. The Labute approximate surface area is 148 Å². The Kier molecular flexibility index (Phi) is 4.47. The van der Waals surface area contributed by atoms with E-state index in [-0.39, 0.29) is 11.8 Å². The van der Waals surface area contributed by atoms with E-state index in [2.05, 4.69) is 15.5 Å². The number of hydrogen-bond acceptors (Lipinski definition) is 3. The van der Waals surface area contributed by atoms with E-state index in [0.717, 1.165) is 17.8 Å². The van der Waals surface area contributed by atoms with Crippen molar-refractivity contribution in [2.24, 2.45) is 11.8 Å². The van der Waals surface area contributed by atoms with Crippen LogP contribution in [-0.2, 0) is 16.1 Å². The first kappa shape index (κ1) is 16.2. The van der Waals surface area contributed by atoms with Crippen molar-refractivity contribution in [2.45, 2.75) is 32.2 Å². The molecule has 0 atom stereocenters. The van der Waals surface area contributed by atoms with Gasteiger partial charge in [-0.3, -0.25) is 9.59 Å². The van der Waals surface area contributed by atoms with Gasteiger partial charge in [-0.05, 0) is 55.2 Å². The fourth-order valence-corrected chi connectivity index (χ4v) is 3.48. The third kappa shape index (κ3) is 4.21. The molecule has 1 heterocycles. The Bertz CT molecular complexity index is 673. The SMILES string of the molecule is O=C(C=C(C1CC1)C1CC1)NCc1ccc(N2CCNC(=O)C2)cc1. The molecule has 1 aromatic rings. The number of piperazine rings is 1. The van der Waals surface area contributed by atoms with Crippen molar-refractivity contribution in [2.75, 3.05) is 24.5 Å². The molecule has 25 heavy (non-hydrogen) atoms. The van der Waals surface area contributed by atoms with E-state index in [1.54, 1.807) is 0 Å². The standard InChI is InChI=1S/C20H25N3O2/c24-19(11-18(15-3-4-15)16-5-6-16)22-12-14-1-7-17(8-2-14)23-10-9-21-20(25)13-23/h1-2,7-8,11,15-16H,3-6,9-10,12-13H2,(H,21,25)(H,22,24). The number of allylic oxidation sites excluding steroid dienone is 1. The summed E-state index contributed by atoms with van der Waals surface area (Å²) in [6.45, 7) is 2.47. The van der Waals surface area contributed by atoms with E-state index in [1.807, 2.05) is 30.3 Å². The topological polar surface area (TPSA) is 61.4 Å². The molecule has 2 aliphatic carbocycles. The van der Waals surface area contributed by atoms with Gasteiger partial charge in [-0.25, -0.2) is 0 Å². The summed E-state index contributed by atoms with van der Waals surface area (Å²) >= 11 is 0. The van der Waals surface area contributed by atoms with Crippen LogP contribution in [0.3, 0.4) is 0 Å². The van der Waals surface area contributed by atoms with Gasteiger partial charge in [-0.15, -0.1) is 0 Å². The second-order valence-electron chi connectivity index (χ2n) is 7.35.